The molecule has 1 aromatic carbocycles. The van der Waals surface area contributed by atoms with Crippen LogP contribution in [0.1, 0.15) is 13.8 Å². The summed E-state index contributed by atoms with van der Waals surface area (Å²) < 4.78 is 5.73. The first-order valence-corrected chi connectivity index (χ1v) is 6.44. The van der Waals surface area contributed by atoms with E-state index in [1.807, 2.05) is 31.2 Å². The second-order valence-corrected chi connectivity index (χ2v) is 4.17. The molecule has 0 saturated heterocycles. The summed E-state index contributed by atoms with van der Waals surface area (Å²) in [6, 6.07) is 12.7. The molecule has 5 heteroatoms. The van der Waals surface area contributed by atoms with Crippen molar-refractivity contribution in [2.75, 3.05) is 17.2 Å². The number of pyridine rings is 1. The molecule has 1 amide bonds. The molecule has 2 rings (SSSR count). The Morgan fingerprint density at radius 1 is 1.20 bits per heavy atom. The van der Waals surface area contributed by atoms with Gasteiger partial charge in [0.05, 0.1) is 5.69 Å². The number of amides is 1. The van der Waals surface area contributed by atoms with Crippen molar-refractivity contribution < 1.29 is 9.53 Å². The molecule has 0 atom stereocenters. The Bertz CT molecular complexity index is 599. The number of benzene rings is 1. The minimum Gasteiger partial charge on any atom is -0.437 e. The van der Waals surface area contributed by atoms with Crippen molar-refractivity contribution in [1.29, 1.82) is 0 Å². The molecule has 0 saturated carbocycles. The zero-order valence-corrected chi connectivity index (χ0v) is 11.5. The van der Waals surface area contributed by atoms with Crippen LogP contribution in [0.5, 0.6) is 11.6 Å². The van der Waals surface area contributed by atoms with E-state index < -0.39 is 0 Å². The number of nitrogens with zero attached hydrogens (tertiary/aromatic N) is 1. The molecule has 2 aromatic rings. The van der Waals surface area contributed by atoms with Crippen LogP contribution in [0, 0.1) is 0 Å². The van der Waals surface area contributed by atoms with Crippen LogP contribution in [0.3, 0.4) is 0 Å². The summed E-state index contributed by atoms with van der Waals surface area (Å²) in [5.41, 5.74) is 0.621. The zero-order chi connectivity index (χ0) is 14.4. The minimum atomic E-state index is -0.143. The Hall–Kier alpha value is -2.56. The number of hydrogen-bond acceptors (Lipinski definition) is 4. The van der Waals surface area contributed by atoms with E-state index in [2.05, 4.69) is 15.6 Å². The van der Waals surface area contributed by atoms with Crippen LogP contribution in [-0.2, 0) is 4.79 Å². The monoisotopic (exact) mass is 271 g/mol. The molecule has 0 fully saturated rings. The maximum absolute atomic E-state index is 11.2. The van der Waals surface area contributed by atoms with E-state index in [1.54, 1.807) is 18.2 Å². The highest BCUT2D eigenvalue weighted by atomic mass is 16.5. The van der Waals surface area contributed by atoms with Crippen LogP contribution in [-0.4, -0.2) is 17.4 Å². The van der Waals surface area contributed by atoms with Gasteiger partial charge in [0.15, 0.2) is 5.75 Å². The van der Waals surface area contributed by atoms with Gasteiger partial charge in [-0.2, -0.15) is 4.98 Å². The molecule has 1 heterocycles. The molecule has 20 heavy (non-hydrogen) atoms. The van der Waals surface area contributed by atoms with E-state index in [-0.39, 0.29) is 5.91 Å². The molecule has 0 radical (unpaired) electrons. The fourth-order valence-electron chi connectivity index (χ4n) is 1.71. The van der Waals surface area contributed by atoms with Gasteiger partial charge in [-0.05, 0) is 25.1 Å². The second-order valence-electron chi connectivity index (χ2n) is 4.17. The maximum atomic E-state index is 11.2. The molecule has 1 aromatic heterocycles. The van der Waals surface area contributed by atoms with Gasteiger partial charge in [-0.25, -0.2) is 0 Å². The first kappa shape index (κ1) is 13.9. The fourth-order valence-corrected chi connectivity index (χ4v) is 1.71. The molecule has 0 bridgehead atoms. The molecular weight excluding hydrogens is 254 g/mol. The average Bonchev–Trinajstić information content (AvgIpc) is 2.41. The summed E-state index contributed by atoms with van der Waals surface area (Å²) >= 11 is 0. The number of carbonyl (C=O) groups excluding carboxylic acids is 1. The number of nitrogens with one attached hydrogen (secondary N) is 2. The number of carbonyl (C=O) groups is 1. The third-order valence-electron chi connectivity index (χ3n) is 2.49. The Morgan fingerprint density at radius 2 is 2.00 bits per heavy atom. The first-order chi connectivity index (χ1) is 9.69. The Kier molecular flexibility index (Phi) is 4.55. The SMILES string of the molecule is CCNc1cccc(Oc2ccccc2NC(C)=O)n1. The summed E-state index contributed by atoms with van der Waals surface area (Å²) in [5, 5.41) is 5.85. The third kappa shape index (κ3) is 3.71. The smallest absolute Gasteiger partial charge is 0.221 e. The van der Waals surface area contributed by atoms with Crippen LogP contribution >= 0.6 is 0 Å². The zero-order valence-electron chi connectivity index (χ0n) is 11.5. The first-order valence-electron chi connectivity index (χ1n) is 6.44. The van der Waals surface area contributed by atoms with E-state index in [0.717, 1.165) is 12.4 Å². The van der Waals surface area contributed by atoms with Crippen molar-refractivity contribution in [1.82, 2.24) is 4.98 Å². The van der Waals surface area contributed by atoms with Crippen LogP contribution in [0.2, 0.25) is 0 Å². The van der Waals surface area contributed by atoms with Crippen molar-refractivity contribution in [2.45, 2.75) is 13.8 Å². The van der Waals surface area contributed by atoms with Crippen molar-refractivity contribution >= 4 is 17.4 Å². The van der Waals surface area contributed by atoms with Gasteiger partial charge in [0.25, 0.3) is 0 Å². The number of para-hydroxylation sites is 2. The van der Waals surface area contributed by atoms with Gasteiger partial charge in [-0.3, -0.25) is 4.79 Å². The van der Waals surface area contributed by atoms with Gasteiger partial charge >= 0.3 is 0 Å². The molecule has 0 aliphatic rings. The third-order valence-corrected chi connectivity index (χ3v) is 2.49. The van der Waals surface area contributed by atoms with Crippen molar-refractivity contribution in [3.63, 3.8) is 0 Å². The minimum absolute atomic E-state index is 0.143. The lowest BCUT2D eigenvalue weighted by Crippen LogP contribution is -2.07. The Balaban J connectivity index is 2.21. The van der Waals surface area contributed by atoms with Crippen LogP contribution < -0.4 is 15.4 Å². The Labute approximate surface area is 118 Å². The topological polar surface area (TPSA) is 63.2 Å². The van der Waals surface area contributed by atoms with E-state index in [4.69, 9.17) is 4.74 Å². The summed E-state index contributed by atoms with van der Waals surface area (Å²) in [6.07, 6.45) is 0. The quantitative estimate of drug-likeness (QED) is 0.876. The summed E-state index contributed by atoms with van der Waals surface area (Å²) in [6.45, 7) is 4.25. The summed E-state index contributed by atoms with van der Waals surface area (Å²) in [4.78, 5) is 15.5. The molecule has 0 aliphatic heterocycles. The summed E-state index contributed by atoms with van der Waals surface area (Å²) in [7, 11) is 0. The maximum Gasteiger partial charge on any atom is 0.221 e. The summed E-state index contributed by atoms with van der Waals surface area (Å²) in [5.74, 6) is 1.64. The number of ether oxygens (including phenoxy) is 1. The van der Waals surface area contributed by atoms with Gasteiger partial charge < -0.3 is 15.4 Å². The lowest BCUT2D eigenvalue weighted by molar-refractivity contribution is -0.114. The van der Waals surface area contributed by atoms with E-state index in [1.165, 1.54) is 6.92 Å². The molecule has 104 valence electrons. The normalized spacial score (nSPS) is 9.90. The highest BCUT2D eigenvalue weighted by molar-refractivity contribution is 5.90. The predicted molar refractivity (Wildman–Crippen MR) is 79.2 cm³/mol. The largest absolute Gasteiger partial charge is 0.437 e. The second kappa shape index (κ2) is 6.56. The molecule has 5 nitrogen and oxygen atoms in total. The van der Waals surface area contributed by atoms with E-state index in [0.29, 0.717) is 17.3 Å². The molecule has 0 spiro atoms. The van der Waals surface area contributed by atoms with Gasteiger partial charge in [-0.1, -0.05) is 18.2 Å². The van der Waals surface area contributed by atoms with Gasteiger partial charge in [0.2, 0.25) is 11.8 Å². The predicted octanol–water partition coefficient (Wildman–Crippen LogP) is 3.26. The van der Waals surface area contributed by atoms with Gasteiger partial charge in [0.1, 0.15) is 5.82 Å². The molecular formula is C15H17N3O2. The van der Waals surface area contributed by atoms with Crippen LogP contribution in [0.15, 0.2) is 42.5 Å². The number of aromatic nitrogens is 1. The highest BCUT2D eigenvalue weighted by Gasteiger charge is 2.06. The Morgan fingerprint density at radius 3 is 2.75 bits per heavy atom. The lowest BCUT2D eigenvalue weighted by Gasteiger charge is -2.11. The van der Waals surface area contributed by atoms with Crippen molar-refractivity contribution in [2.24, 2.45) is 0 Å². The van der Waals surface area contributed by atoms with Crippen LogP contribution in [0.4, 0.5) is 11.5 Å². The molecule has 0 unspecified atom stereocenters. The van der Waals surface area contributed by atoms with E-state index in [9.17, 15) is 4.79 Å². The lowest BCUT2D eigenvalue weighted by atomic mass is 10.3. The van der Waals surface area contributed by atoms with Crippen molar-refractivity contribution in [3.8, 4) is 11.6 Å². The standard InChI is InChI=1S/C15H17N3O2/c1-3-16-14-9-6-10-15(18-14)20-13-8-5-4-7-12(13)17-11(2)19/h4-10H,3H2,1-2H3,(H,16,18)(H,17,19). The number of hydrogen-bond donors (Lipinski definition) is 2. The van der Waals surface area contributed by atoms with Gasteiger partial charge in [-0.15, -0.1) is 0 Å². The van der Waals surface area contributed by atoms with Crippen molar-refractivity contribution in [3.05, 3.63) is 42.5 Å². The van der Waals surface area contributed by atoms with Crippen LogP contribution in [0.25, 0.3) is 0 Å². The molecule has 2 N–H and O–H groups in total. The number of rotatable bonds is 5. The van der Waals surface area contributed by atoms with E-state index >= 15 is 0 Å². The molecule has 0 aliphatic carbocycles. The average molecular weight is 271 g/mol. The van der Waals surface area contributed by atoms with Gasteiger partial charge in [0, 0.05) is 19.5 Å². The highest BCUT2D eigenvalue weighted by Crippen LogP contribution is 2.28. The fraction of sp³-hybridized carbons (Fsp3) is 0.200. The number of anilines is 2.